The molecule has 1 aliphatic heterocycles. The summed E-state index contributed by atoms with van der Waals surface area (Å²) in [4.78, 5) is 2.44. The number of halogens is 1. The van der Waals surface area contributed by atoms with E-state index in [1.54, 1.807) is 0 Å². The van der Waals surface area contributed by atoms with Crippen LogP contribution >= 0.6 is 11.6 Å². The Morgan fingerprint density at radius 2 is 1.64 bits per heavy atom. The van der Waals surface area contributed by atoms with Gasteiger partial charge in [-0.15, -0.1) is 11.6 Å². The van der Waals surface area contributed by atoms with Crippen LogP contribution in [-0.2, 0) is 6.61 Å². The van der Waals surface area contributed by atoms with Crippen LogP contribution in [0.4, 0.5) is 0 Å². The van der Waals surface area contributed by atoms with Crippen LogP contribution in [0.5, 0.6) is 5.75 Å². The van der Waals surface area contributed by atoms with Gasteiger partial charge in [-0.3, -0.25) is 0 Å². The molecule has 0 aliphatic carbocycles. The molecule has 1 heterocycles. The van der Waals surface area contributed by atoms with Gasteiger partial charge in [0.2, 0.25) is 0 Å². The van der Waals surface area contributed by atoms with Gasteiger partial charge in [0.15, 0.2) is 0 Å². The molecule has 1 aliphatic rings. The van der Waals surface area contributed by atoms with Crippen LogP contribution in [0.15, 0.2) is 54.6 Å². The van der Waals surface area contributed by atoms with Gasteiger partial charge in [0.05, 0.1) is 5.38 Å². The number of nitrogens with zero attached hydrogens (tertiary/aromatic N) is 1. The van der Waals surface area contributed by atoms with Crippen molar-refractivity contribution in [2.45, 2.75) is 24.8 Å². The second-order valence-electron chi connectivity index (χ2n) is 5.82. The molecule has 3 heteroatoms. The highest BCUT2D eigenvalue weighted by atomic mass is 35.5. The predicted molar refractivity (Wildman–Crippen MR) is 91.5 cm³/mol. The molecule has 3 rings (SSSR count). The number of ether oxygens (including phenoxy) is 1. The number of likely N-dealkylation sites (tertiary alicyclic amines) is 1. The highest BCUT2D eigenvalue weighted by Crippen LogP contribution is 2.25. The molecule has 0 aromatic heterocycles. The average molecular weight is 316 g/mol. The highest BCUT2D eigenvalue weighted by Gasteiger charge is 2.17. The summed E-state index contributed by atoms with van der Waals surface area (Å²) in [5.74, 6) is 0.887. The van der Waals surface area contributed by atoms with Crippen molar-refractivity contribution in [3.05, 3.63) is 65.7 Å². The Labute approximate surface area is 137 Å². The Morgan fingerprint density at radius 1 is 0.955 bits per heavy atom. The lowest BCUT2D eigenvalue weighted by Gasteiger charge is -2.19. The van der Waals surface area contributed by atoms with E-state index in [1.165, 1.54) is 37.1 Å². The molecule has 0 N–H and O–H groups in total. The molecule has 2 aromatic rings. The van der Waals surface area contributed by atoms with Crippen molar-refractivity contribution in [1.29, 1.82) is 0 Å². The summed E-state index contributed by atoms with van der Waals surface area (Å²) in [5, 5.41) is 0.0567. The molecule has 1 atom stereocenters. The van der Waals surface area contributed by atoms with E-state index in [9.17, 15) is 0 Å². The van der Waals surface area contributed by atoms with E-state index < -0.39 is 0 Å². The van der Waals surface area contributed by atoms with Crippen molar-refractivity contribution in [3.63, 3.8) is 0 Å². The summed E-state index contributed by atoms with van der Waals surface area (Å²) in [7, 11) is 0. The largest absolute Gasteiger partial charge is 0.489 e. The molecule has 2 aromatic carbocycles. The number of benzene rings is 2. The van der Waals surface area contributed by atoms with Gasteiger partial charge in [-0.05, 0) is 49.2 Å². The lowest BCUT2D eigenvalue weighted by Crippen LogP contribution is -2.23. The Hall–Kier alpha value is -1.51. The summed E-state index contributed by atoms with van der Waals surface area (Å²) in [6.07, 6.45) is 2.60. The highest BCUT2D eigenvalue weighted by molar-refractivity contribution is 6.21. The number of rotatable bonds is 6. The third kappa shape index (κ3) is 4.25. The fraction of sp³-hybridized carbons (Fsp3) is 0.368. The topological polar surface area (TPSA) is 12.5 Å². The first-order valence-electron chi connectivity index (χ1n) is 7.94. The molecule has 1 unspecified atom stereocenters. The molecule has 2 nitrogen and oxygen atoms in total. The van der Waals surface area contributed by atoms with E-state index in [0.29, 0.717) is 6.61 Å². The predicted octanol–water partition coefficient (Wildman–Crippen LogP) is 4.64. The zero-order valence-corrected chi connectivity index (χ0v) is 13.5. The maximum Gasteiger partial charge on any atom is 0.119 e. The van der Waals surface area contributed by atoms with Crippen molar-refractivity contribution in [2.24, 2.45) is 0 Å². The van der Waals surface area contributed by atoms with Crippen LogP contribution in [-0.4, -0.2) is 24.5 Å². The van der Waals surface area contributed by atoms with Crippen molar-refractivity contribution < 1.29 is 4.74 Å². The van der Waals surface area contributed by atoms with Crippen molar-refractivity contribution in [1.82, 2.24) is 4.90 Å². The van der Waals surface area contributed by atoms with Gasteiger partial charge in [-0.25, -0.2) is 0 Å². The van der Waals surface area contributed by atoms with E-state index in [-0.39, 0.29) is 5.38 Å². The van der Waals surface area contributed by atoms with Gasteiger partial charge in [-0.2, -0.15) is 0 Å². The second kappa shape index (κ2) is 7.66. The van der Waals surface area contributed by atoms with Crippen LogP contribution in [0.1, 0.15) is 29.3 Å². The molecule has 116 valence electrons. The molecule has 22 heavy (non-hydrogen) atoms. The SMILES string of the molecule is ClC(CN1CCCC1)c1ccc(OCc2ccccc2)cc1. The summed E-state index contributed by atoms with van der Waals surface area (Å²) in [5.41, 5.74) is 2.34. The smallest absolute Gasteiger partial charge is 0.119 e. The van der Waals surface area contributed by atoms with E-state index in [2.05, 4.69) is 29.2 Å². The number of hydrogen-bond donors (Lipinski definition) is 0. The normalized spacial score (nSPS) is 16.6. The molecule has 0 saturated carbocycles. The van der Waals surface area contributed by atoms with E-state index >= 15 is 0 Å². The first-order chi connectivity index (χ1) is 10.8. The van der Waals surface area contributed by atoms with Gasteiger partial charge in [-0.1, -0.05) is 42.5 Å². The standard InChI is InChI=1S/C19H22ClNO/c20-19(14-21-12-4-5-13-21)17-8-10-18(11-9-17)22-15-16-6-2-1-3-7-16/h1-3,6-11,19H,4-5,12-15H2. The van der Waals surface area contributed by atoms with Crippen LogP contribution in [0.2, 0.25) is 0 Å². The summed E-state index contributed by atoms with van der Waals surface area (Å²) in [6.45, 7) is 3.90. The Kier molecular flexibility index (Phi) is 5.36. The lowest BCUT2D eigenvalue weighted by atomic mass is 10.1. The van der Waals surface area contributed by atoms with Gasteiger partial charge < -0.3 is 9.64 Å². The molecule has 0 bridgehead atoms. The van der Waals surface area contributed by atoms with Crippen LogP contribution in [0, 0.1) is 0 Å². The van der Waals surface area contributed by atoms with E-state index in [1.807, 2.05) is 30.3 Å². The first kappa shape index (κ1) is 15.4. The zero-order chi connectivity index (χ0) is 15.2. The first-order valence-corrected chi connectivity index (χ1v) is 8.38. The lowest BCUT2D eigenvalue weighted by molar-refractivity contribution is 0.306. The van der Waals surface area contributed by atoms with E-state index in [0.717, 1.165) is 12.3 Å². The molecule has 0 amide bonds. The summed E-state index contributed by atoms with van der Waals surface area (Å²) in [6, 6.07) is 18.4. The molecule has 1 saturated heterocycles. The summed E-state index contributed by atoms with van der Waals surface area (Å²) >= 11 is 6.53. The maximum atomic E-state index is 6.53. The van der Waals surface area contributed by atoms with Gasteiger partial charge >= 0.3 is 0 Å². The van der Waals surface area contributed by atoms with Gasteiger partial charge in [0, 0.05) is 6.54 Å². The third-order valence-corrected chi connectivity index (χ3v) is 4.50. The fourth-order valence-electron chi connectivity index (χ4n) is 2.81. The van der Waals surface area contributed by atoms with Crippen LogP contribution in [0.3, 0.4) is 0 Å². The van der Waals surface area contributed by atoms with Gasteiger partial charge in [0.1, 0.15) is 12.4 Å². The minimum Gasteiger partial charge on any atom is -0.489 e. The quantitative estimate of drug-likeness (QED) is 0.720. The molecule has 0 spiro atoms. The minimum absolute atomic E-state index is 0.0567. The molecule has 0 radical (unpaired) electrons. The average Bonchev–Trinajstić information content (AvgIpc) is 3.07. The Morgan fingerprint density at radius 3 is 2.32 bits per heavy atom. The maximum absolute atomic E-state index is 6.53. The Bertz CT molecular complexity index is 564. The molecular formula is C19H22ClNO. The van der Waals surface area contributed by atoms with Crippen molar-refractivity contribution in [3.8, 4) is 5.75 Å². The second-order valence-corrected chi connectivity index (χ2v) is 6.35. The Balaban J connectivity index is 1.53. The van der Waals surface area contributed by atoms with Crippen molar-refractivity contribution >= 4 is 11.6 Å². The van der Waals surface area contributed by atoms with Crippen molar-refractivity contribution in [2.75, 3.05) is 19.6 Å². The number of hydrogen-bond acceptors (Lipinski definition) is 2. The van der Waals surface area contributed by atoms with E-state index in [4.69, 9.17) is 16.3 Å². The minimum atomic E-state index is 0.0567. The molecule has 1 fully saturated rings. The molecular weight excluding hydrogens is 294 g/mol. The zero-order valence-electron chi connectivity index (χ0n) is 12.7. The van der Waals surface area contributed by atoms with Gasteiger partial charge in [0.25, 0.3) is 0 Å². The van der Waals surface area contributed by atoms with Crippen LogP contribution < -0.4 is 4.74 Å². The monoisotopic (exact) mass is 315 g/mol. The number of alkyl halides is 1. The summed E-state index contributed by atoms with van der Waals surface area (Å²) < 4.78 is 5.81. The fourth-order valence-corrected chi connectivity index (χ4v) is 3.15. The van der Waals surface area contributed by atoms with Crippen LogP contribution in [0.25, 0.3) is 0 Å². The third-order valence-electron chi connectivity index (χ3n) is 4.11.